The van der Waals surface area contributed by atoms with E-state index in [-0.39, 0.29) is 18.1 Å². The summed E-state index contributed by atoms with van der Waals surface area (Å²) in [4.78, 5) is 14.1. The molecule has 3 nitrogen and oxygen atoms in total. The lowest BCUT2D eigenvalue weighted by molar-refractivity contribution is 0.0723. The molecule has 0 aliphatic carbocycles. The first-order valence-electron chi connectivity index (χ1n) is 6.41. The maximum atomic E-state index is 13.3. The molecule has 1 N–H and O–H groups in total. The summed E-state index contributed by atoms with van der Waals surface area (Å²) < 4.78 is 13.3. The number of hydrogen-bond donors (Lipinski definition) is 1. The number of likely N-dealkylation sites (tertiary alicyclic amines) is 1. The molecule has 1 aromatic carbocycles. The summed E-state index contributed by atoms with van der Waals surface area (Å²) >= 11 is 0. The summed E-state index contributed by atoms with van der Waals surface area (Å²) in [5, 5.41) is 8.72. The van der Waals surface area contributed by atoms with Gasteiger partial charge in [-0.3, -0.25) is 4.79 Å². The van der Waals surface area contributed by atoms with Gasteiger partial charge in [0.25, 0.3) is 5.91 Å². The largest absolute Gasteiger partial charge is 0.384 e. The van der Waals surface area contributed by atoms with Gasteiger partial charge in [-0.2, -0.15) is 0 Å². The lowest BCUT2D eigenvalue weighted by Crippen LogP contribution is -2.36. The molecule has 19 heavy (non-hydrogen) atoms. The van der Waals surface area contributed by atoms with Crippen LogP contribution < -0.4 is 0 Å². The van der Waals surface area contributed by atoms with Crippen LogP contribution in [0, 0.1) is 17.7 Å². The molecule has 2 rings (SSSR count). The number of nitrogens with zero attached hydrogens (tertiary/aromatic N) is 1. The number of hydrogen-bond acceptors (Lipinski definition) is 2. The topological polar surface area (TPSA) is 40.5 Å². The van der Waals surface area contributed by atoms with Crippen molar-refractivity contribution in [1.82, 2.24) is 4.90 Å². The van der Waals surface area contributed by atoms with Crippen molar-refractivity contribution in [2.24, 2.45) is 0 Å². The summed E-state index contributed by atoms with van der Waals surface area (Å²) in [6.45, 7) is 1.14. The van der Waals surface area contributed by atoms with Gasteiger partial charge in [0.2, 0.25) is 0 Å². The Bertz CT molecular complexity index is 525. The molecule has 1 fully saturated rings. The molecule has 1 amide bonds. The number of carbonyl (C=O) groups is 1. The van der Waals surface area contributed by atoms with E-state index in [2.05, 4.69) is 11.8 Å². The molecule has 0 spiro atoms. The fourth-order valence-corrected chi connectivity index (χ4v) is 2.20. The molecule has 1 aromatic rings. The maximum Gasteiger partial charge on any atom is 0.255 e. The first-order chi connectivity index (χ1) is 9.22. The van der Waals surface area contributed by atoms with Gasteiger partial charge in [0.05, 0.1) is 5.56 Å². The number of aliphatic hydroxyl groups excluding tert-OH is 1. The summed E-state index contributed by atoms with van der Waals surface area (Å²) in [6, 6.07) is 3.97. The average molecular weight is 261 g/mol. The van der Waals surface area contributed by atoms with Crippen LogP contribution in [0.25, 0.3) is 0 Å². The van der Waals surface area contributed by atoms with Crippen LogP contribution in [0.3, 0.4) is 0 Å². The van der Waals surface area contributed by atoms with Crippen molar-refractivity contribution in [3.8, 4) is 11.8 Å². The van der Waals surface area contributed by atoms with E-state index < -0.39 is 5.82 Å². The van der Waals surface area contributed by atoms with Gasteiger partial charge in [0, 0.05) is 18.7 Å². The third-order valence-electron chi connectivity index (χ3n) is 3.16. The van der Waals surface area contributed by atoms with E-state index >= 15 is 0 Å². The van der Waals surface area contributed by atoms with E-state index in [0.29, 0.717) is 18.7 Å². The predicted octanol–water partition coefficient (Wildman–Crippen LogP) is 1.80. The van der Waals surface area contributed by atoms with Crippen LogP contribution in [0.4, 0.5) is 4.39 Å². The van der Waals surface area contributed by atoms with E-state index in [9.17, 15) is 9.18 Å². The second-order valence-electron chi connectivity index (χ2n) is 4.50. The van der Waals surface area contributed by atoms with Crippen LogP contribution in [-0.4, -0.2) is 35.6 Å². The van der Waals surface area contributed by atoms with E-state index in [1.165, 1.54) is 18.2 Å². The maximum absolute atomic E-state index is 13.3. The van der Waals surface area contributed by atoms with E-state index in [4.69, 9.17) is 5.11 Å². The molecule has 100 valence electrons. The number of benzene rings is 1. The molecule has 1 saturated heterocycles. The predicted molar refractivity (Wildman–Crippen MR) is 70.1 cm³/mol. The Kier molecular flexibility index (Phi) is 4.53. The van der Waals surface area contributed by atoms with Crippen LogP contribution in [0.1, 0.15) is 35.2 Å². The van der Waals surface area contributed by atoms with Gasteiger partial charge >= 0.3 is 0 Å². The molecular weight excluding hydrogens is 245 g/mol. The number of carbonyl (C=O) groups excluding carboxylic acids is 1. The highest BCUT2D eigenvalue weighted by Gasteiger charge is 2.20. The van der Waals surface area contributed by atoms with E-state index in [1.807, 2.05) is 0 Å². The molecular formula is C15H16FNO2. The van der Waals surface area contributed by atoms with Crippen molar-refractivity contribution in [2.45, 2.75) is 19.3 Å². The third-order valence-corrected chi connectivity index (χ3v) is 3.16. The number of aliphatic hydroxyl groups is 1. The van der Waals surface area contributed by atoms with Crippen molar-refractivity contribution in [3.63, 3.8) is 0 Å². The van der Waals surface area contributed by atoms with Crippen LogP contribution in [-0.2, 0) is 0 Å². The normalized spacial score (nSPS) is 14.7. The number of rotatable bonds is 1. The van der Waals surface area contributed by atoms with Gasteiger partial charge in [-0.15, -0.1) is 0 Å². The quantitative estimate of drug-likeness (QED) is 0.783. The van der Waals surface area contributed by atoms with Crippen LogP contribution >= 0.6 is 0 Å². The van der Waals surface area contributed by atoms with Crippen molar-refractivity contribution in [2.75, 3.05) is 19.7 Å². The molecule has 0 radical (unpaired) electrons. The second kappa shape index (κ2) is 6.35. The number of halogens is 1. The Morgan fingerprint density at radius 1 is 1.32 bits per heavy atom. The summed E-state index contributed by atoms with van der Waals surface area (Å²) in [5.41, 5.74) is 0.744. The van der Waals surface area contributed by atoms with Crippen LogP contribution in [0.2, 0.25) is 0 Å². The molecule has 4 heteroatoms. The Balaban J connectivity index is 2.30. The molecule has 0 saturated carbocycles. The second-order valence-corrected chi connectivity index (χ2v) is 4.50. The number of piperidine rings is 1. The first kappa shape index (κ1) is 13.6. The summed E-state index contributed by atoms with van der Waals surface area (Å²) in [5.74, 6) is 4.56. The molecule has 0 aromatic heterocycles. The van der Waals surface area contributed by atoms with Gasteiger partial charge in [-0.05, 0) is 37.5 Å². The third kappa shape index (κ3) is 3.33. The van der Waals surface area contributed by atoms with Gasteiger partial charge in [-0.1, -0.05) is 11.8 Å². The lowest BCUT2D eigenvalue weighted by Gasteiger charge is -2.27. The highest BCUT2D eigenvalue weighted by molar-refractivity contribution is 5.96. The molecule has 1 aliphatic rings. The van der Waals surface area contributed by atoms with Gasteiger partial charge in [-0.25, -0.2) is 4.39 Å². The van der Waals surface area contributed by atoms with Gasteiger partial charge < -0.3 is 10.0 Å². The summed E-state index contributed by atoms with van der Waals surface area (Å²) in [6.07, 6.45) is 3.10. The lowest BCUT2D eigenvalue weighted by atomic mass is 10.0. The standard InChI is InChI=1S/C15H16FNO2/c16-13-7-6-12(5-4-10-18)14(11-13)15(19)17-8-2-1-3-9-17/h6-7,11,18H,1-3,8-10H2. The van der Waals surface area contributed by atoms with Crippen molar-refractivity contribution < 1.29 is 14.3 Å². The zero-order valence-corrected chi connectivity index (χ0v) is 10.7. The van der Waals surface area contributed by atoms with Crippen molar-refractivity contribution >= 4 is 5.91 Å². The number of amides is 1. The molecule has 0 atom stereocenters. The van der Waals surface area contributed by atoms with Crippen molar-refractivity contribution in [3.05, 3.63) is 35.1 Å². The highest BCUT2D eigenvalue weighted by Crippen LogP contribution is 2.17. The Morgan fingerprint density at radius 3 is 2.74 bits per heavy atom. The fraction of sp³-hybridized carbons (Fsp3) is 0.400. The van der Waals surface area contributed by atoms with Crippen LogP contribution in [0.15, 0.2) is 18.2 Å². The summed E-state index contributed by atoms with van der Waals surface area (Å²) in [7, 11) is 0. The monoisotopic (exact) mass is 261 g/mol. The average Bonchev–Trinajstić information content (AvgIpc) is 2.46. The Labute approximate surface area is 112 Å². The van der Waals surface area contributed by atoms with Gasteiger partial charge in [0.1, 0.15) is 12.4 Å². The van der Waals surface area contributed by atoms with Crippen LogP contribution in [0.5, 0.6) is 0 Å². The first-order valence-corrected chi connectivity index (χ1v) is 6.41. The molecule has 1 aliphatic heterocycles. The van der Waals surface area contributed by atoms with Crippen molar-refractivity contribution in [1.29, 1.82) is 0 Å². The highest BCUT2D eigenvalue weighted by atomic mass is 19.1. The van der Waals surface area contributed by atoms with E-state index in [0.717, 1.165) is 19.3 Å². The van der Waals surface area contributed by atoms with E-state index in [1.54, 1.807) is 4.90 Å². The fourth-order valence-electron chi connectivity index (χ4n) is 2.20. The smallest absolute Gasteiger partial charge is 0.255 e. The molecule has 0 bridgehead atoms. The molecule has 1 heterocycles. The minimum absolute atomic E-state index is 0.179. The zero-order valence-electron chi connectivity index (χ0n) is 10.7. The van der Waals surface area contributed by atoms with Gasteiger partial charge in [0.15, 0.2) is 0 Å². The minimum atomic E-state index is -0.449. The Morgan fingerprint density at radius 2 is 2.05 bits per heavy atom. The molecule has 0 unspecified atom stereocenters. The minimum Gasteiger partial charge on any atom is -0.384 e. The Hall–Kier alpha value is -1.86. The zero-order chi connectivity index (χ0) is 13.7. The SMILES string of the molecule is O=C(c1cc(F)ccc1C#CCO)N1CCCCC1.